The van der Waals surface area contributed by atoms with E-state index in [0.29, 0.717) is 0 Å². The first kappa shape index (κ1) is 15.4. The molecule has 0 aromatic rings. The summed E-state index contributed by atoms with van der Waals surface area (Å²) in [6, 6.07) is -0.796. The molecule has 1 atom stereocenters. The van der Waals surface area contributed by atoms with Crippen molar-refractivity contribution in [1.82, 2.24) is 10.8 Å². The molecule has 2 amide bonds. The molecule has 98 valence electrons. The monoisotopic (exact) mass is 246 g/mol. The zero-order valence-electron chi connectivity index (χ0n) is 10.4. The Balaban J connectivity index is 4.06. The normalized spacial score (nSPS) is 12.7. The molecular formula is C10H18N2O5. The molecule has 3 N–H and O–H groups in total. The largest absolute Gasteiger partial charge is 0.479 e. The molecule has 0 radical (unpaired) electrons. The molecule has 0 bridgehead atoms. The lowest BCUT2D eigenvalue weighted by molar-refractivity contribution is -0.150. The minimum absolute atomic E-state index is 0.279. The number of hydroxylamine groups is 1. The summed E-state index contributed by atoms with van der Waals surface area (Å²) < 4.78 is 0. The molecule has 0 aromatic heterocycles. The maximum atomic E-state index is 11.5. The number of amides is 2. The predicted molar refractivity (Wildman–Crippen MR) is 58.8 cm³/mol. The molecule has 0 rings (SSSR count). The number of carboxylic acid groups (broad SMARTS) is 1. The van der Waals surface area contributed by atoms with Crippen LogP contribution >= 0.6 is 0 Å². The minimum Gasteiger partial charge on any atom is -0.479 e. The lowest BCUT2D eigenvalue weighted by Crippen LogP contribution is -2.48. The highest BCUT2D eigenvalue weighted by atomic mass is 16.7. The zero-order valence-corrected chi connectivity index (χ0v) is 10.4. The Morgan fingerprint density at radius 2 is 1.82 bits per heavy atom. The number of carbonyl (C=O) groups is 3. The van der Waals surface area contributed by atoms with E-state index in [-0.39, 0.29) is 5.91 Å². The van der Waals surface area contributed by atoms with E-state index in [9.17, 15) is 14.4 Å². The van der Waals surface area contributed by atoms with E-state index in [2.05, 4.69) is 10.2 Å². The first-order valence-electron chi connectivity index (χ1n) is 5.09. The third kappa shape index (κ3) is 6.52. The van der Waals surface area contributed by atoms with E-state index in [1.54, 1.807) is 20.8 Å². The van der Waals surface area contributed by atoms with Gasteiger partial charge in [0.25, 0.3) is 5.91 Å². The van der Waals surface area contributed by atoms with Gasteiger partial charge in [0.05, 0.1) is 0 Å². The lowest BCUT2D eigenvalue weighted by Gasteiger charge is -2.21. The van der Waals surface area contributed by atoms with Crippen molar-refractivity contribution in [1.29, 1.82) is 0 Å². The van der Waals surface area contributed by atoms with Crippen molar-refractivity contribution in [3.05, 3.63) is 0 Å². The highest BCUT2D eigenvalue weighted by Crippen LogP contribution is 2.12. The van der Waals surface area contributed by atoms with E-state index in [0.717, 1.165) is 0 Å². The maximum absolute atomic E-state index is 11.5. The third-order valence-electron chi connectivity index (χ3n) is 1.79. The lowest BCUT2D eigenvalue weighted by atomic mass is 9.95. The summed E-state index contributed by atoms with van der Waals surface area (Å²) in [7, 11) is 0. The van der Waals surface area contributed by atoms with Crippen LogP contribution in [0, 0.1) is 5.41 Å². The van der Waals surface area contributed by atoms with Gasteiger partial charge in [-0.05, 0) is 6.92 Å². The molecule has 0 aliphatic rings. The van der Waals surface area contributed by atoms with Crippen molar-refractivity contribution in [2.24, 2.45) is 5.41 Å². The van der Waals surface area contributed by atoms with Crippen molar-refractivity contribution in [3.63, 3.8) is 0 Å². The molecule has 17 heavy (non-hydrogen) atoms. The Kier molecular flexibility index (Phi) is 5.60. The number of carbonyl (C=O) groups excluding carboxylic acids is 2. The molecular weight excluding hydrogens is 228 g/mol. The van der Waals surface area contributed by atoms with Crippen LogP contribution in [0.1, 0.15) is 27.7 Å². The quantitative estimate of drug-likeness (QED) is 0.576. The second-order valence-corrected chi connectivity index (χ2v) is 4.59. The van der Waals surface area contributed by atoms with Gasteiger partial charge in [-0.2, -0.15) is 0 Å². The molecule has 7 nitrogen and oxygen atoms in total. The summed E-state index contributed by atoms with van der Waals surface area (Å²) in [4.78, 5) is 37.4. The first-order valence-corrected chi connectivity index (χ1v) is 5.09. The van der Waals surface area contributed by atoms with Crippen molar-refractivity contribution < 1.29 is 24.3 Å². The van der Waals surface area contributed by atoms with Crippen LogP contribution in [-0.4, -0.2) is 35.5 Å². The van der Waals surface area contributed by atoms with Gasteiger partial charge in [0.15, 0.2) is 6.61 Å². The summed E-state index contributed by atoms with van der Waals surface area (Å²) in [5.41, 5.74) is 1.34. The molecule has 0 aliphatic heterocycles. The molecule has 0 fully saturated rings. The number of aliphatic carboxylic acids is 1. The summed E-state index contributed by atoms with van der Waals surface area (Å²) in [5, 5.41) is 10.8. The van der Waals surface area contributed by atoms with Gasteiger partial charge in [0.2, 0.25) is 5.91 Å². The van der Waals surface area contributed by atoms with E-state index < -0.39 is 29.9 Å². The van der Waals surface area contributed by atoms with Crippen molar-refractivity contribution in [2.45, 2.75) is 33.7 Å². The molecule has 0 aromatic carbocycles. The summed E-state index contributed by atoms with van der Waals surface area (Å²) in [6.45, 7) is 5.99. The van der Waals surface area contributed by atoms with Gasteiger partial charge in [-0.3, -0.25) is 14.4 Å². The third-order valence-corrected chi connectivity index (χ3v) is 1.79. The molecule has 1 unspecified atom stereocenters. The number of hydrogen-bond acceptors (Lipinski definition) is 4. The second-order valence-electron chi connectivity index (χ2n) is 4.59. The van der Waals surface area contributed by atoms with Crippen LogP contribution in [0.3, 0.4) is 0 Å². The number of hydrogen-bond donors (Lipinski definition) is 3. The fraction of sp³-hybridized carbons (Fsp3) is 0.700. The van der Waals surface area contributed by atoms with Gasteiger partial charge in [0, 0.05) is 5.41 Å². The highest BCUT2D eigenvalue weighted by molar-refractivity contribution is 5.88. The van der Waals surface area contributed by atoms with Gasteiger partial charge >= 0.3 is 5.97 Å². The van der Waals surface area contributed by atoms with Crippen LogP contribution in [0.2, 0.25) is 0 Å². The summed E-state index contributed by atoms with van der Waals surface area (Å²) >= 11 is 0. The minimum atomic E-state index is -1.20. The van der Waals surface area contributed by atoms with Crippen LogP contribution in [-0.2, 0) is 19.2 Å². The maximum Gasteiger partial charge on any atom is 0.332 e. The number of carboxylic acids is 1. The Labute approximate surface area is 99.5 Å². The average Bonchev–Trinajstić information content (AvgIpc) is 2.15. The van der Waals surface area contributed by atoms with Gasteiger partial charge in [-0.15, -0.1) is 0 Å². The van der Waals surface area contributed by atoms with Gasteiger partial charge < -0.3 is 10.4 Å². The van der Waals surface area contributed by atoms with Gasteiger partial charge in [0.1, 0.15) is 6.04 Å². The van der Waals surface area contributed by atoms with Crippen molar-refractivity contribution >= 4 is 17.8 Å². The standard InChI is InChI=1S/C10H18N2O5/c1-6(11-9(16)10(2,3)4)8(15)12-17-5-7(13)14/h6H,5H2,1-4H3,(H,11,16)(H,12,15)(H,13,14). The Bertz CT molecular complexity index is 308. The van der Waals surface area contributed by atoms with Crippen LogP contribution in [0.5, 0.6) is 0 Å². The zero-order chi connectivity index (χ0) is 13.6. The van der Waals surface area contributed by atoms with Crippen LogP contribution in [0.4, 0.5) is 0 Å². The summed E-state index contributed by atoms with van der Waals surface area (Å²) in [5.74, 6) is -2.08. The van der Waals surface area contributed by atoms with Gasteiger partial charge in [-0.1, -0.05) is 20.8 Å². The van der Waals surface area contributed by atoms with E-state index >= 15 is 0 Å². The number of rotatable bonds is 5. The second kappa shape index (κ2) is 6.19. The molecule has 0 aliphatic carbocycles. The molecule has 0 spiro atoms. The Morgan fingerprint density at radius 3 is 2.24 bits per heavy atom. The summed E-state index contributed by atoms with van der Waals surface area (Å²) in [6.07, 6.45) is 0. The molecule has 7 heteroatoms. The van der Waals surface area contributed by atoms with E-state index in [1.807, 2.05) is 5.48 Å². The fourth-order valence-electron chi connectivity index (χ4n) is 0.736. The predicted octanol–water partition coefficient (Wildman–Crippen LogP) is -0.330. The molecule has 0 heterocycles. The topological polar surface area (TPSA) is 105 Å². The van der Waals surface area contributed by atoms with E-state index in [4.69, 9.17) is 5.11 Å². The molecule has 0 saturated carbocycles. The highest BCUT2D eigenvalue weighted by Gasteiger charge is 2.25. The number of nitrogens with one attached hydrogen (secondary N) is 2. The SMILES string of the molecule is CC(NC(=O)C(C)(C)C)C(=O)NOCC(=O)O. The first-order chi connectivity index (χ1) is 7.64. The van der Waals surface area contributed by atoms with Crippen LogP contribution < -0.4 is 10.8 Å². The molecule has 0 saturated heterocycles. The average molecular weight is 246 g/mol. The van der Waals surface area contributed by atoms with Crippen molar-refractivity contribution in [3.8, 4) is 0 Å². The van der Waals surface area contributed by atoms with Gasteiger partial charge in [-0.25, -0.2) is 10.3 Å². The Morgan fingerprint density at radius 1 is 1.29 bits per heavy atom. The fourth-order valence-corrected chi connectivity index (χ4v) is 0.736. The van der Waals surface area contributed by atoms with Crippen LogP contribution in [0.25, 0.3) is 0 Å². The van der Waals surface area contributed by atoms with Crippen LogP contribution in [0.15, 0.2) is 0 Å². The smallest absolute Gasteiger partial charge is 0.332 e. The Hall–Kier alpha value is -1.63. The van der Waals surface area contributed by atoms with Crippen molar-refractivity contribution in [2.75, 3.05) is 6.61 Å². The van der Waals surface area contributed by atoms with E-state index in [1.165, 1.54) is 6.92 Å².